The molecule has 4 atom stereocenters. The molecule has 2 aromatic carbocycles. The quantitative estimate of drug-likeness (QED) is 0.672. The van der Waals surface area contributed by atoms with Gasteiger partial charge in [0, 0.05) is 6.54 Å². The lowest BCUT2D eigenvalue weighted by molar-refractivity contribution is -0.144. The van der Waals surface area contributed by atoms with E-state index < -0.39 is 0 Å². The number of imide groups is 1. The van der Waals surface area contributed by atoms with Crippen LogP contribution in [0.25, 0.3) is 10.8 Å². The molecule has 1 heterocycles. The maximum absolute atomic E-state index is 12.6. The molecule has 2 aromatic rings. The zero-order chi connectivity index (χ0) is 18.5. The third-order valence-corrected chi connectivity index (χ3v) is 6.17. The summed E-state index contributed by atoms with van der Waals surface area (Å²) in [5.41, 5.74) is 0.986. The predicted molar refractivity (Wildman–Crippen MR) is 100 cm³/mol. The van der Waals surface area contributed by atoms with Crippen LogP contribution in [-0.2, 0) is 20.9 Å². The highest BCUT2D eigenvalue weighted by Gasteiger charge is 2.59. The zero-order valence-electron chi connectivity index (χ0n) is 14.8. The molecule has 0 aromatic heterocycles. The number of carbonyl (C=O) groups is 3. The third-order valence-electron chi connectivity index (χ3n) is 6.17. The standard InChI is InChI=1S/C22H20N2O3/c25-18(23-11-13-5-6-14-3-1-2-4-15(14)9-13)12-24-21(26)19-16-7-8-17(10-16)20(19)22(24)27/h1-9,16-17,19-20H,10-12H2,(H,23,25)/t16-,17-,19+,20+/m0/s1. The van der Waals surface area contributed by atoms with Crippen molar-refractivity contribution in [2.75, 3.05) is 6.54 Å². The van der Waals surface area contributed by atoms with Crippen LogP contribution in [0.4, 0.5) is 0 Å². The molecular weight excluding hydrogens is 340 g/mol. The van der Waals surface area contributed by atoms with Gasteiger partial charge in [-0.3, -0.25) is 19.3 Å². The Hall–Kier alpha value is -2.95. The molecule has 2 aliphatic carbocycles. The number of rotatable bonds is 4. The molecule has 0 unspecified atom stereocenters. The SMILES string of the molecule is O=C(CN1C(=O)[C@H]2[C@H](C1=O)[C@H]1C=C[C@H]2C1)NCc1ccc2ccccc2c1. The van der Waals surface area contributed by atoms with E-state index in [0.29, 0.717) is 6.54 Å². The first-order valence-electron chi connectivity index (χ1n) is 9.40. The average Bonchev–Trinajstić information content (AvgIpc) is 3.36. The Morgan fingerprint density at radius 3 is 2.33 bits per heavy atom. The predicted octanol–water partition coefficient (Wildman–Crippen LogP) is 2.26. The van der Waals surface area contributed by atoms with Gasteiger partial charge in [-0.2, -0.15) is 0 Å². The fourth-order valence-electron chi connectivity index (χ4n) is 4.87. The maximum atomic E-state index is 12.6. The van der Waals surface area contributed by atoms with Gasteiger partial charge in [0.05, 0.1) is 11.8 Å². The minimum absolute atomic E-state index is 0.169. The van der Waals surface area contributed by atoms with Crippen molar-refractivity contribution in [2.24, 2.45) is 23.7 Å². The molecule has 1 saturated heterocycles. The molecule has 3 amide bonds. The zero-order valence-corrected chi connectivity index (χ0v) is 14.8. The van der Waals surface area contributed by atoms with Crippen LogP contribution in [0, 0.1) is 23.7 Å². The van der Waals surface area contributed by atoms with Gasteiger partial charge in [-0.25, -0.2) is 0 Å². The Kier molecular flexibility index (Phi) is 3.64. The molecule has 1 aliphatic heterocycles. The first-order valence-corrected chi connectivity index (χ1v) is 9.40. The largest absolute Gasteiger partial charge is 0.350 e. The van der Waals surface area contributed by atoms with Crippen LogP contribution < -0.4 is 5.32 Å². The molecule has 1 N–H and O–H groups in total. The second-order valence-corrected chi connectivity index (χ2v) is 7.72. The van der Waals surface area contributed by atoms with Crippen LogP contribution in [0.1, 0.15) is 12.0 Å². The highest BCUT2D eigenvalue weighted by atomic mass is 16.2. The van der Waals surface area contributed by atoms with E-state index in [0.717, 1.165) is 27.7 Å². The molecule has 5 nitrogen and oxygen atoms in total. The molecule has 0 spiro atoms. The minimum Gasteiger partial charge on any atom is -0.350 e. The van der Waals surface area contributed by atoms with Crippen molar-refractivity contribution in [2.45, 2.75) is 13.0 Å². The van der Waals surface area contributed by atoms with E-state index in [1.165, 1.54) is 0 Å². The van der Waals surface area contributed by atoms with Crippen LogP contribution in [0.5, 0.6) is 0 Å². The van der Waals surface area contributed by atoms with Crippen molar-refractivity contribution in [3.63, 3.8) is 0 Å². The summed E-state index contributed by atoms with van der Waals surface area (Å²) in [6.45, 7) is 0.192. The summed E-state index contributed by atoms with van der Waals surface area (Å²) < 4.78 is 0. The van der Waals surface area contributed by atoms with Gasteiger partial charge in [-0.1, -0.05) is 48.6 Å². The van der Waals surface area contributed by atoms with E-state index in [1.54, 1.807) is 0 Å². The maximum Gasteiger partial charge on any atom is 0.240 e. The van der Waals surface area contributed by atoms with Crippen molar-refractivity contribution < 1.29 is 14.4 Å². The molecule has 5 rings (SSSR count). The Morgan fingerprint density at radius 1 is 0.963 bits per heavy atom. The Morgan fingerprint density at radius 2 is 1.63 bits per heavy atom. The van der Waals surface area contributed by atoms with Crippen LogP contribution >= 0.6 is 0 Å². The van der Waals surface area contributed by atoms with Gasteiger partial charge in [0.25, 0.3) is 0 Å². The van der Waals surface area contributed by atoms with Gasteiger partial charge in [0.2, 0.25) is 17.7 Å². The molecule has 0 radical (unpaired) electrons. The summed E-state index contributed by atoms with van der Waals surface area (Å²) >= 11 is 0. The number of nitrogens with one attached hydrogen (secondary N) is 1. The van der Waals surface area contributed by atoms with Gasteiger partial charge in [0.1, 0.15) is 6.54 Å². The lowest BCUT2D eigenvalue weighted by Crippen LogP contribution is -2.41. The number of allylic oxidation sites excluding steroid dienone is 2. The summed E-state index contributed by atoms with van der Waals surface area (Å²) in [4.78, 5) is 38.8. The second kappa shape index (κ2) is 6.05. The summed E-state index contributed by atoms with van der Waals surface area (Å²) in [6, 6.07) is 14.1. The number of likely N-dealkylation sites (tertiary alicyclic amines) is 1. The Bertz CT molecular complexity index is 966. The highest BCUT2D eigenvalue weighted by molar-refractivity contribution is 6.08. The third kappa shape index (κ3) is 2.57. The monoisotopic (exact) mass is 360 g/mol. The lowest BCUT2D eigenvalue weighted by atomic mass is 9.85. The Labute approximate surface area is 157 Å². The molecule has 5 heteroatoms. The van der Waals surface area contributed by atoms with Crippen LogP contribution in [0.15, 0.2) is 54.6 Å². The molecule has 2 fully saturated rings. The lowest BCUT2D eigenvalue weighted by Gasteiger charge is -2.17. The van der Waals surface area contributed by atoms with Gasteiger partial charge >= 0.3 is 0 Å². The Balaban J connectivity index is 1.23. The van der Waals surface area contributed by atoms with E-state index in [1.807, 2.05) is 42.5 Å². The van der Waals surface area contributed by atoms with E-state index in [2.05, 4.69) is 17.5 Å². The fourth-order valence-corrected chi connectivity index (χ4v) is 4.87. The molecule has 1 saturated carbocycles. The van der Waals surface area contributed by atoms with E-state index in [4.69, 9.17) is 0 Å². The van der Waals surface area contributed by atoms with E-state index in [9.17, 15) is 14.4 Å². The first-order chi connectivity index (χ1) is 13.1. The number of nitrogens with zero attached hydrogens (tertiary/aromatic N) is 1. The molecular formula is C22H20N2O3. The number of amides is 3. The molecule has 27 heavy (non-hydrogen) atoms. The van der Waals surface area contributed by atoms with Crippen molar-refractivity contribution in [1.29, 1.82) is 0 Å². The number of benzene rings is 2. The number of hydrogen-bond donors (Lipinski definition) is 1. The molecule has 136 valence electrons. The smallest absolute Gasteiger partial charge is 0.240 e. The highest BCUT2D eigenvalue weighted by Crippen LogP contribution is 2.52. The number of fused-ring (bicyclic) bond motifs is 6. The first kappa shape index (κ1) is 16.2. The number of hydrogen-bond acceptors (Lipinski definition) is 3. The van der Waals surface area contributed by atoms with Gasteiger partial charge in [0.15, 0.2) is 0 Å². The van der Waals surface area contributed by atoms with Crippen LogP contribution in [0.3, 0.4) is 0 Å². The summed E-state index contributed by atoms with van der Waals surface area (Å²) in [7, 11) is 0. The summed E-state index contributed by atoms with van der Waals surface area (Å²) in [5, 5.41) is 5.10. The van der Waals surface area contributed by atoms with Crippen LogP contribution in [-0.4, -0.2) is 29.2 Å². The van der Waals surface area contributed by atoms with Crippen molar-refractivity contribution in [1.82, 2.24) is 10.2 Å². The van der Waals surface area contributed by atoms with Gasteiger partial charge < -0.3 is 5.32 Å². The van der Waals surface area contributed by atoms with Gasteiger partial charge in [-0.05, 0) is 40.7 Å². The average molecular weight is 360 g/mol. The van der Waals surface area contributed by atoms with E-state index in [-0.39, 0.29) is 47.9 Å². The van der Waals surface area contributed by atoms with Crippen molar-refractivity contribution in [3.05, 3.63) is 60.2 Å². The van der Waals surface area contributed by atoms with E-state index >= 15 is 0 Å². The topological polar surface area (TPSA) is 66.5 Å². The van der Waals surface area contributed by atoms with Gasteiger partial charge in [-0.15, -0.1) is 0 Å². The number of carbonyl (C=O) groups excluding carboxylic acids is 3. The molecule has 2 bridgehead atoms. The normalized spacial score (nSPS) is 28.2. The van der Waals surface area contributed by atoms with Crippen LogP contribution in [0.2, 0.25) is 0 Å². The summed E-state index contributed by atoms with van der Waals surface area (Å²) in [5.74, 6) is -0.818. The second-order valence-electron chi connectivity index (χ2n) is 7.72. The minimum atomic E-state index is -0.301. The van der Waals surface area contributed by atoms with Crippen molar-refractivity contribution >= 4 is 28.5 Å². The fraction of sp³-hybridized carbons (Fsp3) is 0.318. The molecule has 3 aliphatic rings. The summed E-state index contributed by atoms with van der Waals surface area (Å²) in [6.07, 6.45) is 5.01. The van der Waals surface area contributed by atoms with Crippen molar-refractivity contribution in [3.8, 4) is 0 Å².